The molecular formula is C16H18N6OS. The molecule has 8 heteroatoms. The molecule has 1 aliphatic heterocycles. The molecule has 24 heavy (non-hydrogen) atoms. The number of thiophene rings is 1. The van der Waals surface area contributed by atoms with E-state index in [4.69, 9.17) is 0 Å². The van der Waals surface area contributed by atoms with Crippen LogP contribution in [-0.4, -0.2) is 38.8 Å². The van der Waals surface area contributed by atoms with Gasteiger partial charge in [-0.05, 0) is 36.4 Å². The number of aromatic nitrogens is 4. The third-order valence-corrected chi connectivity index (χ3v) is 4.98. The molecule has 1 saturated heterocycles. The fourth-order valence-electron chi connectivity index (χ4n) is 2.86. The van der Waals surface area contributed by atoms with Gasteiger partial charge in [-0.2, -0.15) is 4.52 Å². The van der Waals surface area contributed by atoms with Crippen LogP contribution >= 0.6 is 11.3 Å². The predicted octanol–water partition coefficient (Wildman–Crippen LogP) is 1.64. The first-order chi connectivity index (χ1) is 11.8. The van der Waals surface area contributed by atoms with Crippen molar-refractivity contribution in [1.29, 1.82) is 0 Å². The normalized spacial score (nSPS) is 14.4. The van der Waals surface area contributed by atoms with Gasteiger partial charge in [0.25, 0.3) is 0 Å². The van der Waals surface area contributed by atoms with Gasteiger partial charge in [0.15, 0.2) is 11.5 Å². The predicted molar refractivity (Wildman–Crippen MR) is 92.1 cm³/mol. The summed E-state index contributed by atoms with van der Waals surface area (Å²) in [7, 11) is 0. The van der Waals surface area contributed by atoms with Crippen molar-refractivity contribution in [2.45, 2.75) is 25.8 Å². The van der Waals surface area contributed by atoms with Crippen molar-refractivity contribution in [2.75, 3.05) is 18.0 Å². The Morgan fingerprint density at radius 1 is 1.21 bits per heavy atom. The molecular weight excluding hydrogens is 324 g/mol. The SMILES string of the molecule is O=C(Cc1cccs1)NCc1nnc2ccc(N3CCCC3)nn12. The molecule has 0 spiro atoms. The van der Waals surface area contributed by atoms with Gasteiger partial charge in [-0.1, -0.05) is 6.07 Å². The van der Waals surface area contributed by atoms with E-state index in [1.54, 1.807) is 15.9 Å². The van der Waals surface area contributed by atoms with Crippen molar-refractivity contribution in [1.82, 2.24) is 25.1 Å². The Morgan fingerprint density at radius 2 is 2.08 bits per heavy atom. The third kappa shape index (κ3) is 3.09. The number of nitrogens with one attached hydrogen (secondary N) is 1. The van der Waals surface area contributed by atoms with Gasteiger partial charge in [-0.3, -0.25) is 4.79 Å². The van der Waals surface area contributed by atoms with Gasteiger partial charge in [0.05, 0.1) is 13.0 Å². The van der Waals surface area contributed by atoms with Gasteiger partial charge in [0, 0.05) is 18.0 Å². The van der Waals surface area contributed by atoms with Crippen LogP contribution in [-0.2, 0) is 17.8 Å². The fourth-order valence-corrected chi connectivity index (χ4v) is 3.56. The Kier molecular flexibility index (Phi) is 4.12. The molecule has 0 aromatic carbocycles. The largest absolute Gasteiger partial charge is 0.355 e. The van der Waals surface area contributed by atoms with Gasteiger partial charge < -0.3 is 10.2 Å². The molecule has 7 nitrogen and oxygen atoms in total. The quantitative estimate of drug-likeness (QED) is 0.763. The summed E-state index contributed by atoms with van der Waals surface area (Å²) in [4.78, 5) is 15.3. The van der Waals surface area contributed by atoms with Crippen molar-refractivity contribution >= 4 is 28.7 Å². The highest BCUT2D eigenvalue weighted by molar-refractivity contribution is 7.10. The first-order valence-corrected chi connectivity index (χ1v) is 8.93. The van der Waals surface area contributed by atoms with Gasteiger partial charge in [-0.25, -0.2) is 0 Å². The second-order valence-corrected chi connectivity index (χ2v) is 6.84. The summed E-state index contributed by atoms with van der Waals surface area (Å²) in [6, 6.07) is 7.81. The number of rotatable bonds is 5. The highest BCUT2D eigenvalue weighted by atomic mass is 32.1. The summed E-state index contributed by atoms with van der Waals surface area (Å²) in [5.41, 5.74) is 0.695. The van der Waals surface area contributed by atoms with Crippen molar-refractivity contribution in [3.8, 4) is 0 Å². The summed E-state index contributed by atoms with van der Waals surface area (Å²) >= 11 is 1.58. The number of nitrogens with zero attached hydrogens (tertiary/aromatic N) is 5. The lowest BCUT2D eigenvalue weighted by molar-refractivity contribution is -0.120. The zero-order chi connectivity index (χ0) is 16.4. The van der Waals surface area contributed by atoms with E-state index < -0.39 is 0 Å². The van der Waals surface area contributed by atoms with E-state index in [9.17, 15) is 4.79 Å². The fraction of sp³-hybridized carbons (Fsp3) is 0.375. The maximum Gasteiger partial charge on any atom is 0.225 e. The van der Waals surface area contributed by atoms with Crippen LogP contribution in [0.1, 0.15) is 23.5 Å². The summed E-state index contributed by atoms with van der Waals surface area (Å²) in [6.45, 7) is 2.39. The zero-order valence-electron chi connectivity index (χ0n) is 13.2. The van der Waals surface area contributed by atoms with Crippen LogP contribution in [0.4, 0.5) is 5.82 Å². The number of hydrogen-bond acceptors (Lipinski definition) is 6. The molecule has 124 valence electrons. The molecule has 1 fully saturated rings. The number of carbonyl (C=O) groups excluding carboxylic acids is 1. The van der Waals surface area contributed by atoms with E-state index in [0.29, 0.717) is 24.4 Å². The second-order valence-electron chi connectivity index (χ2n) is 5.80. The lowest BCUT2D eigenvalue weighted by Gasteiger charge is -2.15. The Bertz CT molecular complexity index is 838. The van der Waals surface area contributed by atoms with Crippen molar-refractivity contribution in [3.05, 3.63) is 40.3 Å². The monoisotopic (exact) mass is 342 g/mol. The number of amides is 1. The highest BCUT2D eigenvalue weighted by Gasteiger charge is 2.16. The molecule has 0 atom stereocenters. The maximum atomic E-state index is 12.0. The molecule has 0 bridgehead atoms. The van der Waals surface area contributed by atoms with Crippen LogP contribution in [0.25, 0.3) is 5.65 Å². The first-order valence-electron chi connectivity index (χ1n) is 8.05. The minimum absolute atomic E-state index is 0.0232. The second kappa shape index (κ2) is 6.56. The minimum atomic E-state index is -0.0232. The molecule has 1 N–H and O–H groups in total. The number of hydrogen-bond donors (Lipinski definition) is 1. The van der Waals surface area contributed by atoms with Crippen LogP contribution in [0.2, 0.25) is 0 Å². The topological polar surface area (TPSA) is 75.4 Å². The van der Waals surface area contributed by atoms with Crippen molar-refractivity contribution in [2.24, 2.45) is 0 Å². The first kappa shape index (κ1) is 15.1. The lowest BCUT2D eigenvalue weighted by Crippen LogP contribution is -2.26. The van der Waals surface area contributed by atoms with Crippen LogP contribution in [0.15, 0.2) is 29.6 Å². The van der Waals surface area contributed by atoms with Crippen LogP contribution in [0.3, 0.4) is 0 Å². The Hall–Kier alpha value is -2.48. The number of anilines is 1. The molecule has 0 radical (unpaired) electrons. The molecule has 3 aromatic rings. The van der Waals surface area contributed by atoms with E-state index in [1.165, 1.54) is 12.8 Å². The van der Waals surface area contributed by atoms with E-state index >= 15 is 0 Å². The highest BCUT2D eigenvalue weighted by Crippen LogP contribution is 2.18. The average molecular weight is 342 g/mol. The molecule has 0 aliphatic carbocycles. The molecule has 0 unspecified atom stereocenters. The summed E-state index contributed by atoms with van der Waals surface area (Å²) < 4.78 is 1.72. The zero-order valence-corrected chi connectivity index (χ0v) is 14.0. The van der Waals surface area contributed by atoms with E-state index in [1.807, 2.05) is 29.6 Å². The molecule has 4 rings (SSSR count). The van der Waals surface area contributed by atoms with E-state index in [-0.39, 0.29) is 5.91 Å². The molecule has 0 saturated carbocycles. The summed E-state index contributed by atoms with van der Waals surface area (Å²) in [5.74, 6) is 1.56. The summed E-state index contributed by atoms with van der Waals surface area (Å²) in [6.07, 6.45) is 2.79. The van der Waals surface area contributed by atoms with E-state index in [2.05, 4.69) is 25.5 Å². The average Bonchev–Trinajstić information content (AvgIpc) is 3.34. The number of carbonyl (C=O) groups is 1. The van der Waals surface area contributed by atoms with Crippen LogP contribution in [0.5, 0.6) is 0 Å². The maximum absolute atomic E-state index is 12.0. The Morgan fingerprint density at radius 3 is 2.88 bits per heavy atom. The van der Waals surface area contributed by atoms with Gasteiger partial charge in [0.2, 0.25) is 5.91 Å². The Labute approximate surface area is 143 Å². The van der Waals surface area contributed by atoms with Gasteiger partial charge in [0.1, 0.15) is 5.82 Å². The van der Waals surface area contributed by atoms with Gasteiger partial charge >= 0.3 is 0 Å². The van der Waals surface area contributed by atoms with Crippen LogP contribution < -0.4 is 10.2 Å². The summed E-state index contributed by atoms with van der Waals surface area (Å²) in [5, 5.41) is 17.8. The van der Waals surface area contributed by atoms with Crippen LogP contribution in [0, 0.1) is 0 Å². The molecule has 4 heterocycles. The molecule has 3 aromatic heterocycles. The standard InChI is InChI=1S/C16H18N6OS/c23-16(10-12-4-3-9-24-12)17-11-15-19-18-13-5-6-14(20-22(13)15)21-7-1-2-8-21/h3-6,9H,1-2,7-8,10-11H2,(H,17,23). The van der Waals surface area contributed by atoms with Gasteiger partial charge in [-0.15, -0.1) is 26.6 Å². The molecule has 1 amide bonds. The number of fused-ring (bicyclic) bond motifs is 1. The van der Waals surface area contributed by atoms with E-state index in [0.717, 1.165) is 23.8 Å². The van der Waals surface area contributed by atoms with Crippen molar-refractivity contribution in [3.63, 3.8) is 0 Å². The minimum Gasteiger partial charge on any atom is -0.355 e. The molecule has 1 aliphatic rings. The Balaban J connectivity index is 1.47. The van der Waals surface area contributed by atoms with Crippen molar-refractivity contribution < 1.29 is 4.79 Å². The smallest absolute Gasteiger partial charge is 0.225 e. The third-order valence-electron chi connectivity index (χ3n) is 4.10. The lowest BCUT2D eigenvalue weighted by atomic mass is 10.3.